The van der Waals surface area contributed by atoms with Crippen LogP contribution < -0.4 is 22.5 Å². The van der Waals surface area contributed by atoms with Crippen LogP contribution in [0.1, 0.15) is 76.6 Å². The Morgan fingerprint density at radius 3 is 1.44 bits per heavy atom. The fourth-order valence-electron chi connectivity index (χ4n) is 3.28. The zero-order valence-electron chi connectivity index (χ0n) is 18.8. The van der Waals surface area contributed by atoms with E-state index in [0.717, 1.165) is 51.4 Å². The van der Waals surface area contributed by atoms with E-state index in [0.29, 0.717) is 13.1 Å². The highest BCUT2D eigenvalue weighted by atomic mass is 16.2. The van der Waals surface area contributed by atoms with E-state index < -0.39 is 22.5 Å². The molecule has 0 fully saturated rings. The lowest BCUT2D eigenvalue weighted by atomic mass is 10.2. The van der Waals surface area contributed by atoms with Crippen molar-refractivity contribution >= 4 is 0 Å². The molecule has 0 aliphatic carbocycles. The number of aromatic amines is 2. The molecule has 0 unspecified atom stereocenters. The van der Waals surface area contributed by atoms with Crippen molar-refractivity contribution in [2.24, 2.45) is 0 Å². The minimum atomic E-state index is -0.521. The van der Waals surface area contributed by atoms with Crippen LogP contribution in [0.25, 0.3) is 0 Å². The second kappa shape index (κ2) is 13.0. The van der Waals surface area contributed by atoms with Crippen LogP contribution in [0.2, 0.25) is 0 Å². The summed E-state index contributed by atoms with van der Waals surface area (Å²) in [6, 6.07) is 2.54. The average Bonchev–Trinajstić information content (AvgIpc) is 2.74. The number of hydrogen-bond acceptors (Lipinski definition) is 4. The van der Waals surface area contributed by atoms with E-state index in [4.69, 9.17) is 0 Å². The predicted molar refractivity (Wildman–Crippen MR) is 125 cm³/mol. The lowest BCUT2D eigenvalue weighted by Crippen LogP contribution is -2.31. The van der Waals surface area contributed by atoms with Crippen molar-refractivity contribution in [3.05, 3.63) is 65.2 Å². The Kier molecular flexibility index (Phi) is 10.1. The van der Waals surface area contributed by atoms with Gasteiger partial charge in [-0.1, -0.05) is 52.4 Å². The molecule has 0 aliphatic rings. The molecule has 2 heterocycles. The van der Waals surface area contributed by atoms with E-state index >= 15 is 0 Å². The summed E-state index contributed by atoms with van der Waals surface area (Å²) in [5, 5.41) is 0. The van der Waals surface area contributed by atoms with E-state index in [1.54, 1.807) is 0 Å². The Bertz CT molecular complexity index is 1160. The molecule has 0 bridgehead atoms. The quantitative estimate of drug-likeness (QED) is 0.436. The van der Waals surface area contributed by atoms with Gasteiger partial charge in [-0.3, -0.25) is 28.7 Å². The largest absolute Gasteiger partial charge is 0.329 e. The van der Waals surface area contributed by atoms with Gasteiger partial charge in [0.25, 0.3) is 11.1 Å². The second-order valence-corrected chi connectivity index (χ2v) is 7.57. The van der Waals surface area contributed by atoms with Crippen molar-refractivity contribution in [2.75, 3.05) is 0 Å². The molecule has 170 valence electrons. The van der Waals surface area contributed by atoms with Crippen LogP contribution in [0.5, 0.6) is 0 Å². The van der Waals surface area contributed by atoms with Crippen molar-refractivity contribution in [2.45, 2.75) is 78.3 Å². The van der Waals surface area contributed by atoms with Gasteiger partial charge in [0.15, 0.2) is 0 Å². The first-order valence-corrected chi connectivity index (χ1v) is 11.2. The van der Waals surface area contributed by atoms with Crippen LogP contribution in [0, 0.1) is 23.7 Å². The topological polar surface area (TPSA) is 110 Å². The maximum absolute atomic E-state index is 12.2. The van der Waals surface area contributed by atoms with Crippen LogP contribution in [0.3, 0.4) is 0 Å². The summed E-state index contributed by atoms with van der Waals surface area (Å²) >= 11 is 0. The molecule has 2 rings (SSSR count). The van der Waals surface area contributed by atoms with E-state index in [9.17, 15) is 19.2 Å². The van der Waals surface area contributed by atoms with Gasteiger partial charge >= 0.3 is 11.4 Å². The van der Waals surface area contributed by atoms with Crippen molar-refractivity contribution in [1.29, 1.82) is 0 Å². The van der Waals surface area contributed by atoms with Crippen LogP contribution >= 0.6 is 0 Å². The van der Waals surface area contributed by atoms with Gasteiger partial charge in [-0.2, -0.15) is 0 Å². The van der Waals surface area contributed by atoms with E-state index in [2.05, 4.69) is 47.5 Å². The van der Waals surface area contributed by atoms with Gasteiger partial charge in [0.1, 0.15) is 11.4 Å². The number of nitrogens with zero attached hydrogens (tertiary/aromatic N) is 2. The smallest absolute Gasteiger partial charge is 0.286 e. The standard InChI is InChI=1S/C24H30N4O4/c1-3-5-7-11-15-27-19(17-21(29)25-23(27)31)13-9-10-14-20-18-22(30)26-24(32)28(20)16-12-8-6-4-2/h17-18H,3-8,11-12,15-16H2,1-2H3,(H,25,29,31)(H,26,30,32). The molecule has 2 aromatic rings. The highest BCUT2D eigenvalue weighted by Crippen LogP contribution is 2.03. The van der Waals surface area contributed by atoms with Gasteiger partial charge < -0.3 is 0 Å². The summed E-state index contributed by atoms with van der Waals surface area (Å²) in [6.45, 7) is 5.12. The third-order valence-electron chi connectivity index (χ3n) is 4.98. The molecule has 2 aromatic heterocycles. The van der Waals surface area contributed by atoms with Gasteiger partial charge in [0.2, 0.25) is 0 Å². The molecular formula is C24H30N4O4. The molecule has 0 spiro atoms. The van der Waals surface area contributed by atoms with Crippen molar-refractivity contribution in [1.82, 2.24) is 19.1 Å². The maximum atomic E-state index is 12.2. The lowest BCUT2D eigenvalue weighted by Gasteiger charge is -2.07. The molecule has 8 nitrogen and oxygen atoms in total. The second-order valence-electron chi connectivity index (χ2n) is 7.57. The first-order chi connectivity index (χ1) is 15.5. The van der Waals surface area contributed by atoms with E-state index in [-0.39, 0.29) is 11.4 Å². The molecular weight excluding hydrogens is 408 g/mol. The summed E-state index contributed by atoms with van der Waals surface area (Å²) in [5.41, 5.74) is -1.47. The summed E-state index contributed by atoms with van der Waals surface area (Å²) in [5.74, 6) is 10.8. The molecule has 0 saturated heterocycles. The van der Waals surface area contributed by atoms with Crippen molar-refractivity contribution in [3.8, 4) is 23.7 Å². The van der Waals surface area contributed by atoms with Crippen LogP contribution in [0.15, 0.2) is 31.3 Å². The molecule has 0 atom stereocenters. The third-order valence-corrected chi connectivity index (χ3v) is 4.98. The number of aromatic nitrogens is 4. The van der Waals surface area contributed by atoms with Crippen molar-refractivity contribution in [3.63, 3.8) is 0 Å². The predicted octanol–water partition coefficient (Wildman–Crippen LogP) is 1.95. The Hall–Kier alpha value is -3.52. The molecule has 32 heavy (non-hydrogen) atoms. The van der Waals surface area contributed by atoms with Gasteiger partial charge in [-0.15, -0.1) is 0 Å². The summed E-state index contributed by atoms with van der Waals surface area (Å²) in [7, 11) is 0. The monoisotopic (exact) mass is 438 g/mol. The van der Waals surface area contributed by atoms with E-state index in [1.165, 1.54) is 21.3 Å². The Morgan fingerprint density at radius 1 is 0.656 bits per heavy atom. The third kappa shape index (κ3) is 7.63. The number of hydrogen-bond donors (Lipinski definition) is 2. The molecule has 2 N–H and O–H groups in total. The fourth-order valence-corrected chi connectivity index (χ4v) is 3.28. The molecule has 0 aromatic carbocycles. The molecule has 0 aliphatic heterocycles. The lowest BCUT2D eigenvalue weighted by molar-refractivity contribution is 0.556. The summed E-state index contributed by atoms with van der Waals surface area (Å²) in [6.07, 6.45) is 7.86. The SMILES string of the molecule is CCCCCCn1c(C#CC#Cc2cc(=O)[nH]c(=O)n2CCCCCC)cc(=O)[nH]c1=O. The molecule has 0 saturated carbocycles. The van der Waals surface area contributed by atoms with Crippen LogP contribution in [-0.4, -0.2) is 19.1 Å². The van der Waals surface area contributed by atoms with Crippen LogP contribution in [-0.2, 0) is 13.1 Å². The summed E-state index contributed by atoms with van der Waals surface area (Å²) < 4.78 is 2.87. The highest BCUT2D eigenvalue weighted by Gasteiger charge is 2.05. The Morgan fingerprint density at radius 2 is 1.06 bits per heavy atom. The van der Waals surface area contributed by atoms with Gasteiger partial charge in [0.05, 0.1) is 0 Å². The first-order valence-electron chi connectivity index (χ1n) is 11.2. The minimum absolute atomic E-state index is 0.285. The first kappa shape index (κ1) is 24.7. The average molecular weight is 439 g/mol. The van der Waals surface area contributed by atoms with Crippen molar-refractivity contribution < 1.29 is 0 Å². The highest BCUT2D eigenvalue weighted by molar-refractivity contribution is 5.40. The number of H-pyrrole nitrogens is 2. The zero-order valence-corrected chi connectivity index (χ0v) is 18.8. The fraction of sp³-hybridized carbons (Fsp3) is 0.500. The van der Waals surface area contributed by atoms with Gasteiger partial charge in [-0.05, 0) is 36.5 Å². The maximum Gasteiger partial charge on any atom is 0.329 e. The Balaban J connectivity index is 2.29. The molecule has 0 radical (unpaired) electrons. The Labute approximate surface area is 186 Å². The van der Waals surface area contributed by atoms with Crippen LogP contribution in [0.4, 0.5) is 0 Å². The molecule has 0 amide bonds. The number of unbranched alkanes of at least 4 members (excludes halogenated alkanes) is 6. The zero-order chi connectivity index (χ0) is 23.3. The number of rotatable bonds is 10. The van der Waals surface area contributed by atoms with Gasteiger partial charge in [0, 0.05) is 25.2 Å². The normalized spacial score (nSPS) is 10.2. The number of nitrogens with one attached hydrogen (secondary N) is 2. The molecule has 8 heteroatoms. The van der Waals surface area contributed by atoms with Gasteiger partial charge in [-0.25, -0.2) is 9.59 Å². The minimum Gasteiger partial charge on any atom is -0.286 e. The summed E-state index contributed by atoms with van der Waals surface area (Å²) in [4.78, 5) is 52.3. The van der Waals surface area contributed by atoms with E-state index in [1.807, 2.05) is 0 Å².